The molecule has 2 amide bonds. The summed E-state index contributed by atoms with van der Waals surface area (Å²) in [5.74, 6) is -1.23. The number of nitro benzene ring substituents is 1. The van der Waals surface area contributed by atoms with E-state index >= 15 is 0 Å². The molecule has 0 unspecified atom stereocenters. The number of carbonyl (C=O) groups is 3. The molecule has 1 rings (SSSR count). The Bertz CT molecular complexity index is 695. The fourth-order valence-electron chi connectivity index (χ4n) is 2.09. The van der Waals surface area contributed by atoms with Crippen molar-refractivity contribution in [1.82, 2.24) is 10.6 Å². The average Bonchev–Trinajstić information content (AvgIpc) is 2.62. The van der Waals surface area contributed by atoms with Crippen molar-refractivity contribution in [3.05, 3.63) is 39.9 Å². The zero-order chi connectivity index (χ0) is 20.4. The van der Waals surface area contributed by atoms with Crippen molar-refractivity contribution in [3.8, 4) is 0 Å². The molecule has 0 fully saturated rings. The number of amides is 2. The van der Waals surface area contributed by atoms with Crippen molar-refractivity contribution in [3.63, 3.8) is 0 Å². The molecule has 148 valence electrons. The normalized spacial score (nSPS) is 11.6. The Labute approximate surface area is 161 Å². The average molecular weight is 397 g/mol. The van der Waals surface area contributed by atoms with E-state index < -0.39 is 35.4 Å². The highest BCUT2D eigenvalue weighted by molar-refractivity contribution is 7.98. The van der Waals surface area contributed by atoms with Crippen LogP contribution in [0.2, 0.25) is 0 Å². The van der Waals surface area contributed by atoms with Crippen LogP contribution in [0.3, 0.4) is 0 Å². The predicted molar refractivity (Wildman–Crippen MR) is 102 cm³/mol. The van der Waals surface area contributed by atoms with Gasteiger partial charge in [0.05, 0.1) is 4.92 Å². The number of hydrogen-bond donors (Lipinski definition) is 2. The molecule has 0 radical (unpaired) electrons. The molecule has 1 aromatic rings. The SMILES string of the molecule is CSCC[C@@H](NC(=O)c1cccc([N+](=O)[O-])c1)C(=O)OCC(=O)NC(C)C. The van der Waals surface area contributed by atoms with Crippen LogP contribution in [-0.4, -0.2) is 53.4 Å². The second-order valence-corrected chi connectivity index (χ2v) is 6.93. The molecule has 0 aliphatic heterocycles. The lowest BCUT2D eigenvalue weighted by Gasteiger charge is -2.17. The first kappa shape index (κ1) is 22.4. The Morgan fingerprint density at radius 3 is 2.56 bits per heavy atom. The Morgan fingerprint density at radius 2 is 1.96 bits per heavy atom. The Morgan fingerprint density at radius 1 is 1.26 bits per heavy atom. The summed E-state index contributed by atoms with van der Waals surface area (Å²) in [6, 6.07) is 4.15. The summed E-state index contributed by atoms with van der Waals surface area (Å²) in [5, 5.41) is 15.9. The summed E-state index contributed by atoms with van der Waals surface area (Å²) in [4.78, 5) is 46.4. The number of nitrogens with zero attached hydrogens (tertiary/aromatic N) is 1. The summed E-state index contributed by atoms with van der Waals surface area (Å²) in [5.41, 5.74) is -0.167. The molecule has 0 aliphatic carbocycles. The number of thioether (sulfide) groups is 1. The number of carbonyl (C=O) groups excluding carboxylic acids is 3. The maximum Gasteiger partial charge on any atom is 0.329 e. The van der Waals surface area contributed by atoms with Gasteiger partial charge in [-0.25, -0.2) is 4.79 Å². The first-order chi connectivity index (χ1) is 12.7. The number of hydrogen-bond acceptors (Lipinski definition) is 7. The predicted octanol–water partition coefficient (Wildman–Crippen LogP) is 1.51. The van der Waals surface area contributed by atoms with Crippen LogP contribution in [-0.2, 0) is 14.3 Å². The van der Waals surface area contributed by atoms with Crippen LogP contribution < -0.4 is 10.6 Å². The van der Waals surface area contributed by atoms with E-state index in [4.69, 9.17) is 4.74 Å². The van der Waals surface area contributed by atoms with E-state index in [1.54, 1.807) is 13.8 Å². The van der Waals surface area contributed by atoms with Gasteiger partial charge in [0, 0.05) is 23.7 Å². The molecule has 2 N–H and O–H groups in total. The molecule has 0 spiro atoms. The van der Waals surface area contributed by atoms with E-state index in [0.29, 0.717) is 12.2 Å². The number of rotatable bonds is 10. The van der Waals surface area contributed by atoms with Gasteiger partial charge in [-0.05, 0) is 38.3 Å². The van der Waals surface area contributed by atoms with E-state index in [1.807, 2.05) is 6.26 Å². The van der Waals surface area contributed by atoms with Gasteiger partial charge in [0.1, 0.15) is 6.04 Å². The van der Waals surface area contributed by atoms with E-state index in [2.05, 4.69) is 10.6 Å². The fraction of sp³-hybridized carbons (Fsp3) is 0.471. The van der Waals surface area contributed by atoms with Crippen LogP contribution in [0.1, 0.15) is 30.6 Å². The standard InChI is InChI=1S/C17H23N3O6S/c1-11(2)18-15(21)10-26-17(23)14(7-8-27-3)19-16(22)12-5-4-6-13(9-12)20(24)25/h4-6,9,11,14H,7-8,10H2,1-3H3,(H,18,21)(H,19,22)/t14-/m1/s1. The molecule has 0 bridgehead atoms. The molecule has 0 aromatic heterocycles. The highest BCUT2D eigenvalue weighted by atomic mass is 32.2. The summed E-state index contributed by atoms with van der Waals surface area (Å²) in [7, 11) is 0. The molecule has 1 atom stereocenters. The number of non-ortho nitro benzene ring substituents is 1. The van der Waals surface area contributed by atoms with Crippen molar-refractivity contribution in [1.29, 1.82) is 0 Å². The molecule has 1 aromatic carbocycles. The Kier molecular flexibility index (Phi) is 9.27. The van der Waals surface area contributed by atoms with Gasteiger partial charge in [-0.3, -0.25) is 19.7 Å². The van der Waals surface area contributed by atoms with Gasteiger partial charge in [0.25, 0.3) is 17.5 Å². The van der Waals surface area contributed by atoms with Crippen molar-refractivity contribution in [2.75, 3.05) is 18.6 Å². The quantitative estimate of drug-likeness (QED) is 0.348. The van der Waals surface area contributed by atoms with Crippen LogP contribution in [0.4, 0.5) is 5.69 Å². The second kappa shape index (κ2) is 11.2. The van der Waals surface area contributed by atoms with Crippen molar-refractivity contribution >= 4 is 35.2 Å². The smallest absolute Gasteiger partial charge is 0.329 e. The zero-order valence-corrected chi connectivity index (χ0v) is 16.2. The van der Waals surface area contributed by atoms with Gasteiger partial charge in [0.2, 0.25) is 0 Å². The monoisotopic (exact) mass is 397 g/mol. The van der Waals surface area contributed by atoms with Crippen LogP contribution in [0.15, 0.2) is 24.3 Å². The number of nitrogens with one attached hydrogen (secondary N) is 2. The highest BCUT2D eigenvalue weighted by Crippen LogP contribution is 2.13. The first-order valence-corrected chi connectivity index (χ1v) is 9.64. The number of esters is 1. The van der Waals surface area contributed by atoms with E-state index in [0.717, 1.165) is 6.07 Å². The Hall–Kier alpha value is -2.62. The lowest BCUT2D eigenvalue weighted by molar-refractivity contribution is -0.384. The van der Waals surface area contributed by atoms with Crippen molar-refractivity contribution in [2.45, 2.75) is 32.4 Å². The van der Waals surface area contributed by atoms with Gasteiger partial charge in [-0.1, -0.05) is 6.07 Å². The van der Waals surface area contributed by atoms with E-state index in [1.165, 1.54) is 30.0 Å². The summed E-state index contributed by atoms with van der Waals surface area (Å²) in [6.07, 6.45) is 2.15. The topological polar surface area (TPSA) is 128 Å². The Balaban J connectivity index is 2.76. The summed E-state index contributed by atoms with van der Waals surface area (Å²) < 4.78 is 4.98. The molecule has 0 saturated carbocycles. The molecule has 0 aliphatic rings. The molecule has 27 heavy (non-hydrogen) atoms. The molecule has 0 heterocycles. The van der Waals surface area contributed by atoms with Gasteiger partial charge < -0.3 is 15.4 Å². The van der Waals surface area contributed by atoms with Gasteiger partial charge in [0.15, 0.2) is 6.61 Å². The maximum atomic E-state index is 12.4. The first-order valence-electron chi connectivity index (χ1n) is 8.24. The van der Waals surface area contributed by atoms with Crippen LogP contribution >= 0.6 is 11.8 Å². The zero-order valence-electron chi connectivity index (χ0n) is 15.4. The maximum absolute atomic E-state index is 12.4. The third kappa shape index (κ3) is 8.07. The van der Waals surface area contributed by atoms with Crippen LogP contribution in [0.5, 0.6) is 0 Å². The number of ether oxygens (including phenoxy) is 1. The van der Waals surface area contributed by atoms with Crippen molar-refractivity contribution in [2.24, 2.45) is 0 Å². The number of benzene rings is 1. The van der Waals surface area contributed by atoms with Crippen LogP contribution in [0, 0.1) is 10.1 Å². The molecule has 10 heteroatoms. The molecular formula is C17H23N3O6S. The number of nitro groups is 1. The second-order valence-electron chi connectivity index (χ2n) is 5.94. The van der Waals surface area contributed by atoms with Gasteiger partial charge in [-0.15, -0.1) is 0 Å². The fourth-order valence-corrected chi connectivity index (χ4v) is 2.56. The van der Waals surface area contributed by atoms with Gasteiger partial charge in [-0.2, -0.15) is 11.8 Å². The van der Waals surface area contributed by atoms with Gasteiger partial charge >= 0.3 is 5.97 Å². The molecular weight excluding hydrogens is 374 g/mol. The molecule has 9 nitrogen and oxygen atoms in total. The van der Waals surface area contributed by atoms with E-state index in [-0.39, 0.29) is 17.3 Å². The minimum Gasteiger partial charge on any atom is -0.454 e. The van der Waals surface area contributed by atoms with Crippen molar-refractivity contribution < 1.29 is 24.0 Å². The van der Waals surface area contributed by atoms with E-state index in [9.17, 15) is 24.5 Å². The lowest BCUT2D eigenvalue weighted by atomic mass is 10.1. The lowest BCUT2D eigenvalue weighted by Crippen LogP contribution is -2.43. The molecule has 0 saturated heterocycles. The highest BCUT2D eigenvalue weighted by Gasteiger charge is 2.24. The third-order valence-corrected chi connectivity index (χ3v) is 3.96. The largest absolute Gasteiger partial charge is 0.454 e. The minimum absolute atomic E-state index is 0.0590. The van der Waals surface area contributed by atoms with Crippen LogP contribution in [0.25, 0.3) is 0 Å². The summed E-state index contributed by atoms with van der Waals surface area (Å²) >= 11 is 1.48. The third-order valence-electron chi connectivity index (χ3n) is 3.31. The minimum atomic E-state index is -0.962. The summed E-state index contributed by atoms with van der Waals surface area (Å²) in [6.45, 7) is 3.11.